The van der Waals surface area contributed by atoms with Crippen LogP contribution in [0, 0.1) is 23.2 Å². The van der Waals surface area contributed by atoms with Gasteiger partial charge >= 0.3 is 0 Å². The first-order chi connectivity index (χ1) is 7.58. The zero-order valence-electron chi connectivity index (χ0n) is 11.0. The van der Waals surface area contributed by atoms with Gasteiger partial charge in [-0.3, -0.25) is 0 Å². The highest BCUT2D eigenvalue weighted by Crippen LogP contribution is 2.63. The first-order valence-corrected chi connectivity index (χ1v) is 6.84. The minimum atomic E-state index is 0.222. The average molecular weight is 222 g/mol. The molecular weight excluding hydrogens is 196 g/mol. The van der Waals surface area contributed by atoms with Crippen LogP contribution in [0.25, 0.3) is 0 Å². The van der Waals surface area contributed by atoms with Crippen molar-refractivity contribution in [2.75, 3.05) is 6.61 Å². The van der Waals surface area contributed by atoms with Gasteiger partial charge in [0, 0.05) is 0 Å². The van der Waals surface area contributed by atoms with Gasteiger partial charge in [0.15, 0.2) is 0 Å². The van der Waals surface area contributed by atoms with Crippen molar-refractivity contribution in [3.05, 3.63) is 11.6 Å². The second kappa shape index (κ2) is 4.52. The van der Waals surface area contributed by atoms with Gasteiger partial charge in [0.25, 0.3) is 0 Å². The van der Waals surface area contributed by atoms with Gasteiger partial charge < -0.3 is 5.11 Å². The Morgan fingerprint density at radius 3 is 2.75 bits per heavy atom. The van der Waals surface area contributed by atoms with E-state index in [1.807, 2.05) is 6.92 Å². The molecule has 3 rings (SSSR count). The lowest BCUT2D eigenvalue weighted by Gasteiger charge is -2.61. The fourth-order valence-electron chi connectivity index (χ4n) is 4.07. The predicted octanol–water partition coefficient (Wildman–Crippen LogP) is 3.78. The molecule has 16 heavy (non-hydrogen) atoms. The van der Waals surface area contributed by atoms with Gasteiger partial charge in [0.2, 0.25) is 0 Å². The van der Waals surface area contributed by atoms with Crippen LogP contribution in [-0.4, -0.2) is 11.7 Å². The highest BCUT2D eigenvalue weighted by atomic mass is 16.3. The summed E-state index contributed by atoms with van der Waals surface area (Å²) < 4.78 is 0. The van der Waals surface area contributed by atoms with E-state index in [4.69, 9.17) is 5.11 Å². The quantitative estimate of drug-likeness (QED) is 0.718. The molecule has 1 N–H and O–H groups in total. The highest BCUT2D eigenvalue weighted by Gasteiger charge is 2.54. The van der Waals surface area contributed by atoms with E-state index in [2.05, 4.69) is 19.9 Å². The fourth-order valence-corrected chi connectivity index (χ4v) is 4.07. The minimum absolute atomic E-state index is 0.222. The monoisotopic (exact) mass is 222 g/mol. The Labute approximate surface area is 99.9 Å². The Hall–Kier alpha value is -0.300. The molecule has 4 atom stereocenters. The molecule has 4 unspecified atom stereocenters. The Balaban J connectivity index is 1.90. The fraction of sp³-hybridized carbons (Fsp3) is 0.867. The summed E-state index contributed by atoms with van der Waals surface area (Å²) in [5.41, 5.74) is 1.74. The molecular formula is C15H26O. The van der Waals surface area contributed by atoms with E-state index >= 15 is 0 Å². The van der Waals surface area contributed by atoms with Crippen LogP contribution in [0.3, 0.4) is 0 Å². The summed E-state index contributed by atoms with van der Waals surface area (Å²) in [6, 6.07) is 0. The van der Waals surface area contributed by atoms with Gasteiger partial charge in [-0.2, -0.15) is 0 Å². The second-order valence-electron chi connectivity index (χ2n) is 6.35. The number of hydrogen-bond acceptors (Lipinski definition) is 1. The van der Waals surface area contributed by atoms with Crippen molar-refractivity contribution in [2.45, 2.75) is 52.9 Å². The predicted molar refractivity (Wildman–Crippen MR) is 68.2 cm³/mol. The molecule has 1 heteroatoms. The Bertz CT molecular complexity index is 279. The summed E-state index contributed by atoms with van der Waals surface area (Å²) in [6.07, 6.45) is 9.10. The molecule has 0 spiro atoms. The molecule has 0 aliphatic heterocycles. The van der Waals surface area contributed by atoms with Gasteiger partial charge in [-0.15, -0.1) is 0 Å². The minimum Gasteiger partial charge on any atom is -0.392 e. The Morgan fingerprint density at radius 1 is 1.44 bits per heavy atom. The molecule has 0 heterocycles. The maximum absolute atomic E-state index is 8.97. The van der Waals surface area contributed by atoms with Gasteiger partial charge in [-0.25, -0.2) is 0 Å². The number of fused-ring (bicyclic) bond motifs is 2. The number of hydrogen-bond donors (Lipinski definition) is 1. The summed E-state index contributed by atoms with van der Waals surface area (Å²) in [5, 5.41) is 8.97. The second-order valence-corrected chi connectivity index (χ2v) is 6.35. The van der Waals surface area contributed by atoms with Crippen molar-refractivity contribution in [2.24, 2.45) is 23.2 Å². The van der Waals surface area contributed by atoms with Crippen LogP contribution >= 0.6 is 0 Å². The van der Waals surface area contributed by atoms with Crippen molar-refractivity contribution in [1.82, 2.24) is 0 Å². The van der Waals surface area contributed by atoms with E-state index in [0.717, 1.165) is 29.7 Å². The van der Waals surface area contributed by atoms with Crippen LogP contribution in [0.1, 0.15) is 52.9 Å². The van der Waals surface area contributed by atoms with Crippen molar-refractivity contribution in [3.63, 3.8) is 0 Å². The smallest absolute Gasteiger partial charge is 0.0639 e. The maximum atomic E-state index is 8.97. The van der Waals surface area contributed by atoms with Crippen LogP contribution in [0.15, 0.2) is 11.6 Å². The third kappa shape index (κ3) is 1.95. The first kappa shape index (κ1) is 12.2. The van der Waals surface area contributed by atoms with Gasteiger partial charge in [-0.1, -0.05) is 31.9 Å². The zero-order valence-corrected chi connectivity index (χ0v) is 11.0. The summed E-state index contributed by atoms with van der Waals surface area (Å²) in [7, 11) is 0. The molecule has 0 aromatic heterocycles. The summed E-state index contributed by atoms with van der Waals surface area (Å²) in [5.74, 6) is 2.92. The van der Waals surface area contributed by atoms with Crippen molar-refractivity contribution in [1.29, 1.82) is 0 Å². The number of aliphatic hydroxyl groups is 1. The maximum Gasteiger partial charge on any atom is 0.0639 e. The lowest BCUT2D eigenvalue weighted by atomic mass is 9.44. The van der Waals surface area contributed by atoms with Crippen molar-refractivity contribution in [3.8, 4) is 0 Å². The number of rotatable bonds is 4. The summed E-state index contributed by atoms with van der Waals surface area (Å²) in [4.78, 5) is 0. The van der Waals surface area contributed by atoms with Crippen molar-refractivity contribution < 1.29 is 5.11 Å². The Morgan fingerprint density at radius 2 is 2.19 bits per heavy atom. The van der Waals surface area contributed by atoms with Crippen LogP contribution in [0.4, 0.5) is 0 Å². The topological polar surface area (TPSA) is 20.2 Å². The van der Waals surface area contributed by atoms with E-state index in [0.29, 0.717) is 5.41 Å². The zero-order chi connectivity index (χ0) is 11.8. The normalized spacial score (nSPS) is 43.0. The first-order valence-electron chi connectivity index (χ1n) is 6.84. The molecule has 3 aliphatic rings. The molecule has 1 nitrogen and oxygen atoms in total. The SMILES string of the molecule is CC(=CCCC1(C)C2CCC(C)C1C2)CO. The van der Waals surface area contributed by atoms with Gasteiger partial charge in [0.05, 0.1) is 6.61 Å². The van der Waals surface area contributed by atoms with Crippen LogP contribution in [0.5, 0.6) is 0 Å². The lowest BCUT2D eigenvalue weighted by Crippen LogP contribution is -2.53. The Kier molecular flexibility index (Phi) is 3.44. The van der Waals surface area contributed by atoms with Crippen LogP contribution in [-0.2, 0) is 0 Å². The standard InChI is InChI=1S/C15H26O/c1-11(10-16)5-4-8-15(3)13-7-6-12(2)14(15)9-13/h5,12-14,16H,4,6-10H2,1-3H3. The molecule has 0 aromatic carbocycles. The lowest BCUT2D eigenvalue weighted by molar-refractivity contribution is -0.117. The summed E-state index contributed by atoms with van der Waals surface area (Å²) >= 11 is 0. The number of aliphatic hydroxyl groups excluding tert-OH is 1. The number of allylic oxidation sites excluding steroid dienone is 1. The van der Waals surface area contributed by atoms with Crippen molar-refractivity contribution >= 4 is 0 Å². The molecule has 2 bridgehead atoms. The third-order valence-corrected chi connectivity index (χ3v) is 5.40. The largest absolute Gasteiger partial charge is 0.392 e. The molecule has 0 amide bonds. The van der Waals surface area contributed by atoms with E-state index in [1.54, 1.807) is 0 Å². The molecule has 92 valence electrons. The van der Waals surface area contributed by atoms with Crippen LogP contribution in [0.2, 0.25) is 0 Å². The van der Waals surface area contributed by atoms with E-state index in [-0.39, 0.29) is 6.61 Å². The van der Waals surface area contributed by atoms with Gasteiger partial charge in [-0.05, 0) is 55.8 Å². The van der Waals surface area contributed by atoms with E-state index in [1.165, 1.54) is 25.7 Å². The summed E-state index contributed by atoms with van der Waals surface area (Å²) in [6.45, 7) is 7.18. The molecule has 0 radical (unpaired) electrons. The molecule has 3 fully saturated rings. The third-order valence-electron chi connectivity index (χ3n) is 5.40. The molecule has 0 aromatic rings. The van der Waals surface area contributed by atoms with Gasteiger partial charge in [0.1, 0.15) is 0 Å². The van der Waals surface area contributed by atoms with Crippen LogP contribution < -0.4 is 0 Å². The van der Waals surface area contributed by atoms with E-state index < -0.39 is 0 Å². The molecule has 0 saturated heterocycles. The molecule has 3 saturated carbocycles. The van der Waals surface area contributed by atoms with E-state index in [9.17, 15) is 0 Å². The average Bonchev–Trinajstić information content (AvgIpc) is 2.28. The highest BCUT2D eigenvalue weighted by molar-refractivity contribution is 5.06. The molecule has 3 aliphatic carbocycles.